The average Bonchev–Trinajstić information content (AvgIpc) is 3.20. The van der Waals surface area contributed by atoms with E-state index in [0.29, 0.717) is 19.6 Å². The topological polar surface area (TPSA) is 42.2 Å². The third-order valence-corrected chi connectivity index (χ3v) is 5.61. The molecule has 4 rings (SSSR count). The van der Waals surface area contributed by atoms with Crippen LogP contribution >= 0.6 is 0 Å². The third kappa shape index (κ3) is 3.38. The highest BCUT2D eigenvalue weighted by molar-refractivity contribution is 5.37. The summed E-state index contributed by atoms with van der Waals surface area (Å²) in [5.74, 6) is -0.273. The number of ether oxygens (including phenoxy) is 2. The molecule has 0 radical (unpaired) electrons. The van der Waals surface area contributed by atoms with Crippen molar-refractivity contribution in [3.8, 4) is 6.07 Å². The third-order valence-electron chi connectivity index (χ3n) is 5.61. The highest BCUT2D eigenvalue weighted by Crippen LogP contribution is 2.43. The van der Waals surface area contributed by atoms with E-state index in [1.54, 1.807) is 12.1 Å². The number of halogens is 1. The summed E-state index contributed by atoms with van der Waals surface area (Å²) in [6, 6.07) is 17.4. The lowest BCUT2D eigenvalue weighted by Crippen LogP contribution is -2.36. The fraction of sp³-hybridized carbons (Fsp3) is 0.409. The highest BCUT2D eigenvalue weighted by Gasteiger charge is 2.40. The SMILES string of the molecule is N#CC1c2ccccc2CCC1C(Cc1cccc(F)c1)C1OCCO1. The quantitative estimate of drug-likeness (QED) is 0.828. The van der Waals surface area contributed by atoms with Crippen LogP contribution in [0, 0.1) is 29.0 Å². The lowest BCUT2D eigenvalue weighted by Gasteiger charge is -2.37. The zero-order valence-corrected chi connectivity index (χ0v) is 14.6. The Labute approximate surface area is 153 Å². The van der Waals surface area contributed by atoms with Gasteiger partial charge in [-0.2, -0.15) is 5.26 Å². The first-order valence-electron chi connectivity index (χ1n) is 9.21. The van der Waals surface area contributed by atoms with E-state index < -0.39 is 0 Å². The number of hydrogen-bond acceptors (Lipinski definition) is 3. The van der Waals surface area contributed by atoms with Crippen molar-refractivity contribution in [2.75, 3.05) is 13.2 Å². The molecular weight excluding hydrogens is 329 g/mol. The summed E-state index contributed by atoms with van der Waals surface area (Å²) in [5, 5.41) is 9.92. The second kappa shape index (κ2) is 7.57. The van der Waals surface area contributed by atoms with Gasteiger partial charge in [0.2, 0.25) is 0 Å². The van der Waals surface area contributed by atoms with Gasteiger partial charge in [-0.15, -0.1) is 0 Å². The molecule has 1 aliphatic carbocycles. The molecule has 0 saturated carbocycles. The summed E-state index contributed by atoms with van der Waals surface area (Å²) in [6.45, 7) is 1.15. The second-order valence-corrected chi connectivity index (χ2v) is 7.12. The van der Waals surface area contributed by atoms with Crippen molar-refractivity contribution in [3.63, 3.8) is 0 Å². The van der Waals surface area contributed by atoms with Crippen LogP contribution < -0.4 is 0 Å². The Hall–Kier alpha value is -2.22. The fourth-order valence-corrected chi connectivity index (χ4v) is 4.42. The Morgan fingerprint density at radius 2 is 1.92 bits per heavy atom. The molecule has 0 amide bonds. The van der Waals surface area contributed by atoms with Gasteiger partial charge in [-0.3, -0.25) is 0 Å². The standard InChI is InChI=1S/C22H22FNO2/c23-17-6-3-4-15(12-17)13-20(22-25-10-11-26-22)19-9-8-16-5-1-2-7-18(16)21(19)14-24/h1-7,12,19-22H,8-11,13H2. The van der Waals surface area contributed by atoms with Gasteiger partial charge in [-0.25, -0.2) is 4.39 Å². The number of aryl methyl sites for hydroxylation is 1. The zero-order valence-electron chi connectivity index (χ0n) is 14.6. The molecule has 3 unspecified atom stereocenters. The van der Waals surface area contributed by atoms with Gasteiger partial charge in [0.15, 0.2) is 6.29 Å². The fourth-order valence-electron chi connectivity index (χ4n) is 4.42. The van der Waals surface area contributed by atoms with Gasteiger partial charge in [-0.05, 0) is 54.0 Å². The molecule has 2 aromatic carbocycles. The van der Waals surface area contributed by atoms with Gasteiger partial charge in [0.25, 0.3) is 0 Å². The zero-order chi connectivity index (χ0) is 17.9. The van der Waals surface area contributed by atoms with Gasteiger partial charge in [0.1, 0.15) is 5.82 Å². The van der Waals surface area contributed by atoms with Crippen molar-refractivity contribution in [1.29, 1.82) is 5.26 Å². The lowest BCUT2D eigenvalue weighted by atomic mass is 9.68. The van der Waals surface area contributed by atoms with E-state index in [9.17, 15) is 9.65 Å². The summed E-state index contributed by atoms with van der Waals surface area (Å²) >= 11 is 0. The average molecular weight is 351 g/mol. The Morgan fingerprint density at radius 1 is 1.12 bits per heavy atom. The summed E-state index contributed by atoms with van der Waals surface area (Å²) in [7, 11) is 0. The van der Waals surface area contributed by atoms with E-state index in [0.717, 1.165) is 24.0 Å². The van der Waals surface area contributed by atoms with Gasteiger partial charge in [0, 0.05) is 5.92 Å². The number of nitrogens with zero attached hydrogens (tertiary/aromatic N) is 1. The molecule has 1 fully saturated rings. The molecular formula is C22H22FNO2. The van der Waals surface area contributed by atoms with Gasteiger partial charge >= 0.3 is 0 Å². The molecule has 2 aliphatic rings. The molecule has 0 aromatic heterocycles. The lowest BCUT2D eigenvalue weighted by molar-refractivity contribution is -0.102. The maximum Gasteiger partial charge on any atom is 0.161 e. The Balaban J connectivity index is 1.66. The minimum Gasteiger partial charge on any atom is -0.350 e. The van der Waals surface area contributed by atoms with E-state index in [-0.39, 0.29) is 29.9 Å². The van der Waals surface area contributed by atoms with Gasteiger partial charge < -0.3 is 9.47 Å². The molecule has 3 atom stereocenters. The first-order valence-corrected chi connectivity index (χ1v) is 9.21. The van der Waals surface area contributed by atoms with Crippen molar-refractivity contribution >= 4 is 0 Å². The Bertz CT molecular complexity index is 810. The molecule has 1 heterocycles. The van der Waals surface area contributed by atoms with E-state index in [4.69, 9.17) is 9.47 Å². The number of rotatable bonds is 4. The molecule has 4 heteroatoms. The van der Waals surface area contributed by atoms with Crippen LogP contribution in [-0.2, 0) is 22.3 Å². The Kier molecular flexibility index (Phi) is 5.01. The van der Waals surface area contributed by atoms with Crippen LogP contribution in [-0.4, -0.2) is 19.5 Å². The van der Waals surface area contributed by atoms with E-state index in [2.05, 4.69) is 18.2 Å². The molecule has 1 saturated heterocycles. The maximum atomic E-state index is 13.7. The van der Waals surface area contributed by atoms with Crippen molar-refractivity contribution in [2.24, 2.45) is 11.8 Å². The minimum absolute atomic E-state index is 0.0253. The summed E-state index contributed by atoms with van der Waals surface area (Å²) in [5.41, 5.74) is 3.30. The molecule has 134 valence electrons. The summed E-state index contributed by atoms with van der Waals surface area (Å²) in [6.07, 6.45) is 2.18. The first kappa shape index (κ1) is 17.2. The van der Waals surface area contributed by atoms with Crippen molar-refractivity contribution in [3.05, 3.63) is 71.0 Å². The molecule has 0 bridgehead atoms. The Morgan fingerprint density at radius 3 is 2.69 bits per heavy atom. The molecule has 0 spiro atoms. The van der Waals surface area contributed by atoms with Crippen LogP contribution in [0.5, 0.6) is 0 Å². The van der Waals surface area contributed by atoms with E-state index in [1.165, 1.54) is 11.6 Å². The number of hydrogen-bond donors (Lipinski definition) is 0. The molecule has 2 aromatic rings. The molecule has 3 nitrogen and oxygen atoms in total. The smallest absolute Gasteiger partial charge is 0.161 e. The van der Waals surface area contributed by atoms with Crippen LogP contribution in [0.2, 0.25) is 0 Å². The summed E-state index contributed by atoms with van der Waals surface area (Å²) < 4.78 is 25.3. The van der Waals surface area contributed by atoms with Crippen LogP contribution in [0.3, 0.4) is 0 Å². The van der Waals surface area contributed by atoms with Crippen LogP contribution in [0.25, 0.3) is 0 Å². The van der Waals surface area contributed by atoms with Crippen LogP contribution in [0.1, 0.15) is 29.0 Å². The van der Waals surface area contributed by atoms with Crippen LogP contribution in [0.4, 0.5) is 4.39 Å². The number of benzene rings is 2. The van der Waals surface area contributed by atoms with Crippen molar-refractivity contribution in [1.82, 2.24) is 0 Å². The van der Waals surface area contributed by atoms with Crippen molar-refractivity contribution in [2.45, 2.75) is 31.5 Å². The van der Waals surface area contributed by atoms with E-state index >= 15 is 0 Å². The van der Waals surface area contributed by atoms with Crippen LogP contribution in [0.15, 0.2) is 48.5 Å². The van der Waals surface area contributed by atoms with Gasteiger partial charge in [-0.1, -0.05) is 36.4 Å². The number of fused-ring (bicyclic) bond motifs is 1. The van der Waals surface area contributed by atoms with Crippen molar-refractivity contribution < 1.29 is 13.9 Å². The monoisotopic (exact) mass is 351 g/mol. The maximum absolute atomic E-state index is 13.7. The predicted octanol–water partition coefficient (Wildman–Crippen LogP) is 4.23. The highest BCUT2D eigenvalue weighted by atomic mass is 19.1. The summed E-state index contributed by atoms with van der Waals surface area (Å²) in [4.78, 5) is 0. The predicted molar refractivity (Wildman–Crippen MR) is 95.9 cm³/mol. The number of nitriles is 1. The largest absolute Gasteiger partial charge is 0.350 e. The normalized spacial score (nSPS) is 24.0. The second-order valence-electron chi connectivity index (χ2n) is 7.12. The molecule has 1 aliphatic heterocycles. The first-order chi connectivity index (χ1) is 12.8. The minimum atomic E-state index is -0.329. The van der Waals surface area contributed by atoms with Gasteiger partial charge in [0.05, 0.1) is 25.2 Å². The molecule has 26 heavy (non-hydrogen) atoms. The van der Waals surface area contributed by atoms with E-state index in [1.807, 2.05) is 18.2 Å². The molecule has 0 N–H and O–H groups in total.